The molecule has 0 saturated carbocycles. The zero-order chi connectivity index (χ0) is 6.53. The maximum Gasteiger partial charge on any atom is -0.00218 e. The Morgan fingerprint density at radius 3 is 1.55 bits per heavy atom. The molecule has 1 aliphatic rings. The van der Waals surface area contributed by atoms with Crippen molar-refractivity contribution in [3.63, 3.8) is 0 Å². The van der Waals surface area contributed by atoms with Crippen LogP contribution in [0.4, 0.5) is 0 Å². The Morgan fingerprint density at radius 1 is 0.727 bits per heavy atom. The molecule has 0 aromatic carbocycles. The van der Waals surface area contributed by atoms with Gasteiger partial charge in [-0.15, -0.1) is 0 Å². The van der Waals surface area contributed by atoms with E-state index in [2.05, 4.69) is 11.9 Å². The van der Waals surface area contributed by atoms with Gasteiger partial charge < -0.3 is 4.90 Å². The van der Waals surface area contributed by atoms with Crippen LogP contribution in [-0.2, 0) is 0 Å². The molecule has 1 saturated heterocycles. The minimum atomic E-state index is 0. The highest BCUT2D eigenvalue weighted by Gasteiger charge is 2.01. The molecule has 0 radical (unpaired) electrons. The molecule has 0 aromatic rings. The summed E-state index contributed by atoms with van der Waals surface area (Å²) < 4.78 is 0. The van der Waals surface area contributed by atoms with Crippen LogP contribution in [0.15, 0.2) is 0 Å². The standard InChI is InChI=1S/C8H17N.2CH4/c1-9-7-5-3-2-4-6-8-9;;/h2-8H2,1H3;2*1H4. The van der Waals surface area contributed by atoms with Gasteiger partial charge in [0.2, 0.25) is 0 Å². The molecule has 1 nitrogen and oxygen atoms in total. The molecule has 0 bridgehead atoms. The van der Waals surface area contributed by atoms with Crippen molar-refractivity contribution in [2.45, 2.75) is 47.0 Å². The second-order valence-corrected chi connectivity index (χ2v) is 3.07. The molecule has 0 unspecified atom stereocenters. The zero-order valence-corrected chi connectivity index (χ0v) is 6.40. The summed E-state index contributed by atoms with van der Waals surface area (Å²) in [4.78, 5) is 2.44. The Kier molecular flexibility index (Phi) is 9.92. The van der Waals surface area contributed by atoms with Crippen molar-refractivity contribution in [3.05, 3.63) is 0 Å². The second kappa shape index (κ2) is 8.06. The van der Waals surface area contributed by atoms with Crippen molar-refractivity contribution in [3.8, 4) is 0 Å². The summed E-state index contributed by atoms with van der Waals surface area (Å²) in [5.41, 5.74) is 0. The lowest BCUT2D eigenvalue weighted by Crippen LogP contribution is -2.22. The van der Waals surface area contributed by atoms with Gasteiger partial charge in [-0.05, 0) is 33.0 Å². The van der Waals surface area contributed by atoms with E-state index in [-0.39, 0.29) is 14.9 Å². The summed E-state index contributed by atoms with van der Waals surface area (Å²) in [6.45, 7) is 2.64. The monoisotopic (exact) mass is 159 g/mol. The molecule has 70 valence electrons. The van der Waals surface area contributed by atoms with Gasteiger partial charge in [0.1, 0.15) is 0 Å². The molecule has 0 atom stereocenters. The molecule has 1 rings (SSSR count). The first-order valence-electron chi connectivity index (χ1n) is 4.08. The van der Waals surface area contributed by atoms with E-state index in [1.54, 1.807) is 0 Å². The average molecular weight is 159 g/mol. The highest BCUT2D eigenvalue weighted by molar-refractivity contribution is 4.56. The van der Waals surface area contributed by atoms with Crippen LogP contribution in [0.1, 0.15) is 47.0 Å². The summed E-state index contributed by atoms with van der Waals surface area (Å²) in [6.07, 6.45) is 7.19. The van der Waals surface area contributed by atoms with Gasteiger partial charge in [0, 0.05) is 0 Å². The molecule has 1 heteroatoms. The van der Waals surface area contributed by atoms with Gasteiger partial charge in [-0.2, -0.15) is 0 Å². The van der Waals surface area contributed by atoms with Gasteiger partial charge in [0.25, 0.3) is 0 Å². The molecule has 0 aromatic heterocycles. The van der Waals surface area contributed by atoms with Gasteiger partial charge in [-0.3, -0.25) is 0 Å². The first kappa shape index (κ1) is 13.5. The van der Waals surface area contributed by atoms with Crippen molar-refractivity contribution in [1.82, 2.24) is 4.90 Å². The summed E-state index contributed by atoms with van der Waals surface area (Å²) in [6, 6.07) is 0. The van der Waals surface area contributed by atoms with Crippen molar-refractivity contribution < 1.29 is 0 Å². The number of likely N-dealkylation sites (tertiary alicyclic amines) is 1. The highest BCUT2D eigenvalue weighted by atomic mass is 15.1. The van der Waals surface area contributed by atoms with Crippen molar-refractivity contribution in [2.24, 2.45) is 0 Å². The van der Waals surface area contributed by atoms with Crippen LogP contribution >= 0.6 is 0 Å². The van der Waals surface area contributed by atoms with E-state index >= 15 is 0 Å². The van der Waals surface area contributed by atoms with Crippen molar-refractivity contribution in [1.29, 1.82) is 0 Å². The molecule has 0 N–H and O–H groups in total. The van der Waals surface area contributed by atoms with E-state index in [1.807, 2.05) is 0 Å². The molecule has 1 heterocycles. The van der Waals surface area contributed by atoms with Crippen molar-refractivity contribution >= 4 is 0 Å². The zero-order valence-electron chi connectivity index (χ0n) is 6.40. The molecule has 0 aliphatic carbocycles. The van der Waals surface area contributed by atoms with Crippen LogP contribution in [0.25, 0.3) is 0 Å². The van der Waals surface area contributed by atoms with Gasteiger partial charge >= 0.3 is 0 Å². The minimum Gasteiger partial charge on any atom is -0.306 e. The molecule has 11 heavy (non-hydrogen) atoms. The number of rotatable bonds is 0. The van der Waals surface area contributed by atoms with Crippen LogP contribution in [-0.4, -0.2) is 25.0 Å². The van der Waals surface area contributed by atoms with Gasteiger partial charge in [0.15, 0.2) is 0 Å². The fraction of sp³-hybridized carbons (Fsp3) is 1.00. The molecule has 0 amide bonds. The van der Waals surface area contributed by atoms with Crippen LogP contribution in [0.2, 0.25) is 0 Å². The summed E-state index contributed by atoms with van der Waals surface area (Å²) in [7, 11) is 2.23. The smallest absolute Gasteiger partial charge is 0.00218 e. The SMILES string of the molecule is C.C.CN1CCCCCCC1. The Bertz CT molecular complexity index is 63.3. The van der Waals surface area contributed by atoms with E-state index in [0.29, 0.717) is 0 Å². The minimum absolute atomic E-state index is 0. The fourth-order valence-corrected chi connectivity index (χ4v) is 1.41. The highest BCUT2D eigenvalue weighted by Crippen LogP contribution is 2.08. The number of hydrogen-bond acceptors (Lipinski definition) is 1. The van der Waals surface area contributed by atoms with Crippen LogP contribution in [0.3, 0.4) is 0 Å². The predicted molar refractivity (Wildman–Crippen MR) is 54.0 cm³/mol. The first-order chi connectivity index (χ1) is 4.39. The Labute approximate surface area is 72.8 Å². The van der Waals surface area contributed by atoms with E-state index in [9.17, 15) is 0 Å². The lowest BCUT2D eigenvalue weighted by atomic mass is 10.1. The largest absolute Gasteiger partial charge is 0.306 e. The molecular weight excluding hydrogens is 134 g/mol. The van der Waals surface area contributed by atoms with Crippen molar-refractivity contribution in [2.75, 3.05) is 20.1 Å². The Morgan fingerprint density at radius 2 is 1.09 bits per heavy atom. The maximum atomic E-state index is 2.44. The molecule has 1 fully saturated rings. The van der Waals surface area contributed by atoms with E-state index < -0.39 is 0 Å². The maximum absolute atomic E-state index is 2.44. The summed E-state index contributed by atoms with van der Waals surface area (Å²) in [5, 5.41) is 0. The van der Waals surface area contributed by atoms with E-state index in [0.717, 1.165) is 0 Å². The molecule has 1 aliphatic heterocycles. The second-order valence-electron chi connectivity index (χ2n) is 3.07. The predicted octanol–water partition coefficient (Wildman–Crippen LogP) is 3.15. The lowest BCUT2D eigenvalue weighted by molar-refractivity contribution is 0.297. The first-order valence-corrected chi connectivity index (χ1v) is 4.08. The molecular formula is C10H25N. The quantitative estimate of drug-likeness (QED) is 0.525. The fourth-order valence-electron chi connectivity index (χ4n) is 1.41. The van der Waals surface area contributed by atoms with Crippen LogP contribution in [0, 0.1) is 0 Å². The number of nitrogens with zero attached hydrogens (tertiary/aromatic N) is 1. The Balaban J connectivity index is 0. The van der Waals surface area contributed by atoms with Crippen LogP contribution in [0.5, 0.6) is 0 Å². The third-order valence-electron chi connectivity index (χ3n) is 2.08. The summed E-state index contributed by atoms with van der Waals surface area (Å²) >= 11 is 0. The summed E-state index contributed by atoms with van der Waals surface area (Å²) in [5.74, 6) is 0. The topological polar surface area (TPSA) is 3.24 Å². The van der Waals surface area contributed by atoms with E-state index in [4.69, 9.17) is 0 Å². The van der Waals surface area contributed by atoms with Crippen LogP contribution < -0.4 is 0 Å². The molecule has 0 spiro atoms. The Hall–Kier alpha value is -0.0400. The lowest BCUT2D eigenvalue weighted by Gasteiger charge is -2.18. The van der Waals surface area contributed by atoms with Gasteiger partial charge in [-0.25, -0.2) is 0 Å². The number of hydrogen-bond donors (Lipinski definition) is 0. The normalized spacial score (nSPS) is 20.5. The van der Waals surface area contributed by atoms with E-state index in [1.165, 1.54) is 45.2 Å². The average Bonchev–Trinajstić information content (AvgIpc) is 1.79. The third kappa shape index (κ3) is 6.36. The van der Waals surface area contributed by atoms with Gasteiger partial charge in [0.05, 0.1) is 0 Å². The third-order valence-corrected chi connectivity index (χ3v) is 2.08. The van der Waals surface area contributed by atoms with Gasteiger partial charge in [-0.1, -0.05) is 34.1 Å².